The first-order chi connectivity index (χ1) is 12.7. The standard InChI is InChI=1S/C17H12FN7O/c18-15-6-1-2-7-16(15)24-10-12(9-20-24)17(26)21-13-4-3-5-14(8-13)25-11-19-22-23-25/h1-11H,(H,21,26). The molecule has 0 unspecified atom stereocenters. The number of amides is 1. The maximum absolute atomic E-state index is 13.8. The van der Waals surface area contributed by atoms with E-state index >= 15 is 0 Å². The SMILES string of the molecule is O=C(Nc1cccc(-n2cnnn2)c1)c1cnn(-c2ccccc2F)c1. The average molecular weight is 349 g/mol. The lowest BCUT2D eigenvalue weighted by Gasteiger charge is -2.06. The highest BCUT2D eigenvalue weighted by Gasteiger charge is 2.12. The van der Waals surface area contributed by atoms with Gasteiger partial charge in [-0.25, -0.2) is 13.8 Å². The first-order valence-electron chi connectivity index (χ1n) is 7.65. The zero-order valence-corrected chi connectivity index (χ0v) is 13.3. The van der Waals surface area contributed by atoms with Gasteiger partial charge in [0.2, 0.25) is 0 Å². The zero-order chi connectivity index (χ0) is 17.9. The van der Waals surface area contributed by atoms with Gasteiger partial charge in [-0.1, -0.05) is 18.2 Å². The van der Waals surface area contributed by atoms with Crippen LogP contribution in [0.5, 0.6) is 0 Å². The number of carbonyl (C=O) groups is 1. The molecule has 26 heavy (non-hydrogen) atoms. The molecule has 0 saturated carbocycles. The fraction of sp³-hybridized carbons (Fsp3) is 0. The van der Waals surface area contributed by atoms with Crippen LogP contribution in [0.15, 0.2) is 67.3 Å². The van der Waals surface area contributed by atoms with Crippen LogP contribution in [0.1, 0.15) is 10.4 Å². The Bertz CT molecular complexity index is 1060. The molecule has 0 radical (unpaired) electrons. The van der Waals surface area contributed by atoms with Crippen molar-refractivity contribution in [1.29, 1.82) is 0 Å². The Balaban J connectivity index is 1.54. The van der Waals surface area contributed by atoms with E-state index in [-0.39, 0.29) is 11.6 Å². The zero-order valence-electron chi connectivity index (χ0n) is 13.3. The van der Waals surface area contributed by atoms with Crippen molar-refractivity contribution in [3.63, 3.8) is 0 Å². The van der Waals surface area contributed by atoms with E-state index in [1.54, 1.807) is 36.4 Å². The fourth-order valence-electron chi connectivity index (χ4n) is 2.42. The minimum Gasteiger partial charge on any atom is -0.322 e. The number of nitrogens with one attached hydrogen (secondary N) is 1. The van der Waals surface area contributed by atoms with Gasteiger partial charge < -0.3 is 5.32 Å². The molecule has 4 rings (SSSR count). The maximum Gasteiger partial charge on any atom is 0.258 e. The number of tetrazole rings is 1. The van der Waals surface area contributed by atoms with Crippen molar-refractivity contribution >= 4 is 11.6 Å². The average Bonchev–Trinajstić information content (AvgIpc) is 3.35. The van der Waals surface area contributed by atoms with Crippen LogP contribution in [0, 0.1) is 5.82 Å². The minimum absolute atomic E-state index is 0.271. The summed E-state index contributed by atoms with van der Waals surface area (Å²) in [5, 5.41) is 17.8. The Morgan fingerprint density at radius 2 is 1.96 bits per heavy atom. The molecule has 1 amide bonds. The Morgan fingerprint density at radius 1 is 1.08 bits per heavy atom. The van der Waals surface area contributed by atoms with Gasteiger partial charge >= 0.3 is 0 Å². The van der Waals surface area contributed by atoms with E-state index in [0.717, 1.165) is 0 Å². The summed E-state index contributed by atoms with van der Waals surface area (Å²) in [5.41, 5.74) is 1.85. The van der Waals surface area contributed by atoms with E-state index in [4.69, 9.17) is 0 Å². The molecule has 0 aliphatic carbocycles. The first-order valence-corrected chi connectivity index (χ1v) is 7.65. The molecular weight excluding hydrogens is 337 g/mol. The smallest absolute Gasteiger partial charge is 0.258 e. The predicted molar refractivity (Wildman–Crippen MR) is 90.6 cm³/mol. The summed E-state index contributed by atoms with van der Waals surface area (Å²) < 4.78 is 16.6. The summed E-state index contributed by atoms with van der Waals surface area (Å²) in [7, 11) is 0. The second kappa shape index (κ2) is 6.55. The number of halogens is 1. The number of hydrogen-bond acceptors (Lipinski definition) is 5. The Kier molecular flexibility index (Phi) is 3.94. The van der Waals surface area contributed by atoms with Crippen LogP contribution in [-0.4, -0.2) is 35.9 Å². The third kappa shape index (κ3) is 3.05. The Morgan fingerprint density at radius 3 is 2.77 bits per heavy atom. The van der Waals surface area contributed by atoms with Crippen molar-refractivity contribution in [2.45, 2.75) is 0 Å². The molecule has 0 aliphatic heterocycles. The summed E-state index contributed by atoms with van der Waals surface area (Å²) in [4.78, 5) is 12.4. The van der Waals surface area contributed by atoms with Crippen LogP contribution in [-0.2, 0) is 0 Å². The van der Waals surface area contributed by atoms with Gasteiger partial charge in [0.15, 0.2) is 0 Å². The van der Waals surface area contributed by atoms with Crippen LogP contribution in [0.2, 0.25) is 0 Å². The quantitative estimate of drug-likeness (QED) is 0.610. The topological polar surface area (TPSA) is 90.5 Å². The number of benzene rings is 2. The van der Waals surface area contributed by atoms with Crippen LogP contribution < -0.4 is 5.32 Å². The van der Waals surface area contributed by atoms with Crippen LogP contribution in [0.3, 0.4) is 0 Å². The molecule has 8 nitrogen and oxygen atoms in total. The fourth-order valence-corrected chi connectivity index (χ4v) is 2.42. The Labute approximate surface area is 146 Å². The molecule has 128 valence electrons. The lowest BCUT2D eigenvalue weighted by Crippen LogP contribution is -2.11. The third-order valence-electron chi connectivity index (χ3n) is 3.66. The monoisotopic (exact) mass is 349 g/mol. The van der Waals surface area contributed by atoms with Crippen LogP contribution >= 0.6 is 0 Å². The predicted octanol–water partition coefficient (Wildman–Crippen LogP) is 2.24. The van der Waals surface area contributed by atoms with E-state index in [1.807, 2.05) is 6.07 Å². The molecule has 0 atom stereocenters. The lowest BCUT2D eigenvalue weighted by molar-refractivity contribution is 0.102. The van der Waals surface area contributed by atoms with Crippen LogP contribution in [0.4, 0.5) is 10.1 Å². The lowest BCUT2D eigenvalue weighted by atomic mass is 10.2. The van der Waals surface area contributed by atoms with Crippen LogP contribution in [0.25, 0.3) is 11.4 Å². The van der Waals surface area contributed by atoms with E-state index in [0.29, 0.717) is 16.9 Å². The molecule has 1 N–H and O–H groups in total. The first kappa shape index (κ1) is 15.6. The molecule has 0 bridgehead atoms. The maximum atomic E-state index is 13.8. The van der Waals surface area contributed by atoms with Crippen molar-refractivity contribution in [2.75, 3.05) is 5.32 Å². The second-order valence-corrected chi connectivity index (χ2v) is 5.38. The summed E-state index contributed by atoms with van der Waals surface area (Å²) >= 11 is 0. The largest absolute Gasteiger partial charge is 0.322 e. The van der Waals surface area contributed by atoms with Crippen molar-refractivity contribution in [3.8, 4) is 11.4 Å². The second-order valence-electron chi connectivity index (χ2n) is 5.38. The Hall–Kier alpha value is -3.88. The number of nitrogens with zero attached hydrogens (tertiary/aromatic N) is 6. The molecule has 0 spiro atoms. The van der Waals surface area contributed by atoms with Gasteiger partial charge in [-0.05, 0) is 40.8 Å². The molecule has 2 aromatic carbocycles. The van der Waals surface area contributed by atoms with Gasteiger partial charge in [0.25, 0.3) is 5.91 Å². The molecule has 2 aromatic heterocycles. The van der Waals surface area contributed by atoms with Gasteiger partial charge in [-0.3, -0.25) is 4.79 Å². The molecular formula is C17H12FN7O. The highest BCUT2D eigenvalue weighted by atomic mass is 19.1. The number of aromatic nitrogens is 6. The molecule has 0 aliphatic rings. The highest BCUT2D eigenvalue weighted by Crippen LogP contribution is 2.16. The normalized spacial score (nSPS) is 10.7. The van der Waals surface area contributed by atoms with Gasteiger partial charge in [-0.15, -0.1) is 5.10 Å². The van der Waals surface area contributed by atoms with Crippen molar-refractivity contribution in [1.82, 2.24) is 30.0 Å². The number of carbonyl (C=O) groups excluding carboxylic acids is 1. The number of para-hydroxylation sites is 1. The van der Waals surface area contributed by atoms with E-state index in [2.05, 4.69) is 25.9 Å². The van der Waals surface area contributed by atoms with E-state index in [1.165, 1.54) is 34.2 Å². The molecule has 2 heterocycles. The molecule has 0 saturated heterocycles. The summed E-state index contributed by atoms with van der Waals surface area (Å²) in [6.45, 7) is 0. The van der Waals surface area contributed by atoms with Crippen molar-refractivity contribution in [2.24, 2.45) is 0 Å². The number of rotatable bonds is 4. The molecule has 9 heteroatoms. The summed E-state index contributed by atoms with van der Waals surface area (Å²) in [5.74, 6) is -0.779. The summed E-state index contributed by atoms with van der Waals surface area (Å²) in [6.07, 6.45) is 4.31. The van der Waals surface area contributed by atoms with E-state index in [9.17, 15) is 9.18 Å². The van der Waals surface area contributed by atoms with Crippen molar-refractivity contribution < 1.29 is 9.18 Å². The third-order valence-corrected chi connectivity index (χ3v) is 3.66. The number of anilines is 1. The van der Waals surface area contributed by atoms with Crippen molar-refractivity contribution in [3.05, 3.63) is 78.6 Å². The van der Waals surface area contributed by atoms with E-state index < -0.39 is 5.82 Å². The van der Waals surface area contributed by atoms with Gasteiger partial charge in [0, 0.05) is 11.9 Å². The highest BCUT2D eigenvalue weighted by molar-refractivity contribution is 6.04. The van der Waals surface area contributed by atoms with Gasteiger partial charge in [0.05, 0.1) is 17.4 Å². The van der Waals surface area contributed by atoms with Gasteiger partial charge in [-0.2, -0.15) is 5.10 Å². The number of hydrogen-bond donors (Lipinski definition) is 1. The minimum atomic E-state index is -0.420. The van der Waals surface area contributed by atoms with Gasteiger partial charge in [0.1, 0.15) is 17.8 Å². The summed E-state index contributed by atoms with van der Waals surface area (Å²) in [6, 6.07) is 13.3. The molecule has 4 aromatic rings. The molecule has 0 fully saturated rings.